The second kappa shape index (κ2) is 52.7. The number of ether oxygens (including phenoxy) is 1. The minimum atomic E-state index is -0.682. The Morgan fingerprint density at radius 3 is 1.25 bits per heavy atom. The Labute approximate surface area is 392 Å². The van der Waals surface area contributed by atoms with Crippen LogP contribution in [0.15, 0.2) is 36.5 Å². The molecular formula is C57H107NO5. The van der Waals surface area contributed by atoms with Crippen LogP contribution in [0.3, 0.4) is 0 Å². The van der Waals surface area contributed by atoms with E-state index in [0.29, 0.717) is 25.9 Å². The largest absolute Gasteiger partial charge is 0.466 e. The van der Waals surface area contributed by atoms with Gasteiger partial charge in [-0.25, -0.2) is 0 Å². The van der Waals surface area contributed by atoms with E-state index in [4.69, 9.17) is 4.74 Å². The Kier molecular flexibility index (Phi) is 51.1. The van der Waals surface area contributed by atoms with Crippen LogP contribution in [-0.2, 0) is 14.3 Å². The highest BCUT2D eigenvalue weighted by Gasteiger charge is 2.20. The topological polar surface area (TPSA) is 95.9 Å². The second-order valence-electron chi connectivity index (χ2n) is 18.9. The van der Waals surface area contributed by atoms with E-state index >= 15 is 0 Å². The summed E-state index contributed by atoms with van der Waals surface area (Å²) < 4.78 is 5.44. The van der Waals surface area contributed by atoms with E-state index in [0.717, 1.165) is 89.9 Å². The van der Waals surface area contributed by atoms with Gasteiger partial charge < -0.3 is 20.3 Å². The smallest absolute Gasteiger partial charge is 0.305 e. The quantitative estimate of drug-likeness (QED) is 0.0321. The van der Waals surface area contributed by atoms with E-state index in [-0.39, 0.29) is 18.5 Å². The molecule has 370 valence electrons. The standard InChI is InChI=1S/C57H107NO5/c1-3-5-7-9-11-13-15-17-19-20-21-22-24-25-29-33-37-41-45-49-55(60)54(53-59)58-56(61)50-46-42-38-34-30-27-28-32-36-40-44-48-52-63-57(62)51-47-43-39-35-31-26-23-18-16-14-12-10-8-6-4-2/h12,14,18,23,28,32,54-55,59-60H,3-11,13,15-17,19-22,24-27,29-31,33-53H2,1-2H3,(H,58,61)/b14-12-,23-18-,32-28-. The van der Waals surface area contributed by atoms with Crippen molar-refractivity contribution in [1.29, 1.82) is 0 Å². The Bertz CT molecular complexity index is 1020. The average Bonchev–Trinajstić information content (AvgIpc) is 3.28. The normalized spacial score (nSPS) is 12.9. The maximum atomic E-state index is 12.5. The first-order valence-corrected chi connectivity index (χ1v) is 27.7. The molecule has 0 aliphatic rings. The maximum Gasteiger partial charge on any atom is 0.305 e. The van der Waals surface area contributed by atoms with Crippen LogP contribution in [0.5, 0.6) is 0 Å². The molecular weight excluding hydrogens is 779 g/mol. The summed E-state index contributed by atoms with van der Waals surface area (Å²) in [5.74, 6) is -0.0970. The van der Waals surface area contributed by atoms with Gasteiger partial charge >= 0.3 is 5.97 Å². The zero-order chi connectivity index (χ0) is 45.8. The Balaban J connectivity index is 3.52. The highest BCUT2D eigenvalue weighted by molar-refractivity contribution is 5.76. The lowest BCUT2D eigenvalue weighted by molar-refractivity contribution is -0.143. The van der Waals surface area contributed by atoms with Crippen molar-refractivity contribution in [2.24, 2.45) is 0 Å². The third-order valence-electron chi connectivity index (χ3n) is 12.7. The van der Waals surface area contributed by atoms with Gasteiger partial charge in [-0.15, -0.1) is 0 Å². The molecule has 0 spiro atoms. The molecule has 0 saturated carbocycles. The second-order valence-corrected chi connectivity index (χ2v) is 18.9. The fourth-order valence-corrected chi connectivity index (χ4v) is 8.37. The van der Waals surface area contributed by atoms with Gasteiger partial charge in [0.25, 0.3) is 0 Å². The first kappa shape index (κ1) is 61.1. The van der Waals surface area contributed by atoms with Crippen LogP contribution in [0.1, 0.15) is 290 Å². The molecule has 2 atom stereocenters. The lowest BCUT2D eigenvalue weighted by Crippen LogP contribution is -2.45. The summed E-state index contributed by atoms with van der Waals surface area (Å²) in [5.41, 5.74) is 0. The number of aliphatic hydroxyl groups excluding tert-OH is 2. The van der Waals surface area contributed by atoms with Crippen molar-refractivity contribution in [3.05, 3.63) is 36.5 Å². The number of aliphatic hydroxyl groups is 2. The van der Waals surface area contributed by atoms with E-state index in [1.165, 1.54) is 167 Å². The number of allylic oxidation sites excluding steroid dienone is 6. The first-order chi connectivity index (χ1) is 31.0. The number of hydrogen-bond donors (Lipinski definition) is 3. The predicted molar refractivity (Wildman–Crippen MR) is 273 cm³/mol. The van der Waals surface area contributed by atoms with E-state index in [9.17, 15) is 19.8 Å². The molecule has 0 aliphatic heterocycles. The molecule has 1 amide bonds. The summed E-state index contributed by atoms with van der Waals surface area (Å²) in [6.45, 7) is 4.87. The molecule has 0 heterocycles. The summed E-state index contributed by atoms with van der Waals surface area (Å²) in [6.07, 6.45) is 64.1. The summed E-state index contributed by atoms with van der Waals surface area (Å²) in [6, 6.07) is -0.562. The van der Waals surface area contributed by atoms with Gasteiger partial charge in [0.1, 0.15) is 0 Å². The molecule has 0 aromatic heterocycles. The van der Waals surface area contributed by atoms with Crippen molar-refractivity contribution in [1.82, 2.24) is 5.32 Å². The Morgan fingerprint density at radius 1 is 0.444 bits per heavy atom. The van der Waals surface area contributed by atoms with Crippen LogP contribution < -0.4 is 5.32 Å². The van der Waals surface area contributed by atoms with E-state index in [2.05, 4.69) is 55.6 Å². The molecule has 0 bridgehead atoms. The van der Waals surface area contributed by atoms with Gasteiger partial charge in [-0.1, -0.05) is 224 Å². The van der Waals surface area contributed by atoms with Crippen LogP contribution in [-0.4, -0.2) is 47.4 Å². The van der Waals surface area contributed by atoms with Gasteiger partial charge in [-0.05, 0) is 89.9 Å². The van der Waals surface area contributed by atoms with Crippen LogP contribution in [0.4, 0.5) is 0 Å². The number of nitrogens with one attached hydrogen (secondary N) is 1. The molecule has 0 aromatic rings. The highest BCUT2D eigenvalue weighted by Crippen LogP contribution is 2.17. The number of rotatable bonds is 51. The van der Waals surface area contributed by atoms with Crippen LogP contribution in [0.25, 0.3) is 0 Å². The monoisotopic (exact) mass is 886 g/mol. The SMILES string of the molecule is CCCCC/C=C\C/C=C\CCCCCCCC(=O)OCCCCC/C=C\CCCCCCCC(=O)NC(CO)C(O)CCCCCCCCCCCCCCCCCCCCC. The van der Waals surface area contributed by atoms with Crippen molar-refractivity contribution in [2.75, 3.05) is 13.2 Å². The molecule has 3 N–H and O–H groups in total. The molecule has 6 nitrogen and oxygen atoms in total. The van der Waals surface area contributed by atoms with Gasteiger partial charge in [-0.2, -0.15) is 0 Å². The lowest BCUT2D eigenvalue weighted by atomic mass is 10.0. The minimum Gasteiger partial charge on any atom is -0.466 e. The van der Waals surface area contributed by atoms with Crippen molar-refractivity contribution in [2.45, 2.75) is 302 Å². The van der Waals surface area contributed by atoms with Crippen molar-refractivity contribution in [3.63, 3.8) is 0 Å². The molecule has 0 fully saturated rings. The zero-order valence-electron chi connectivity index (χ0n) is 42.1. The van der Waals surface area contributed by atoms with Crippen LogP contribution in [0, 0.1) is 0 Å². The molecule has 0 saturated heterocycles. The van der Waals surface area contributed by atoms with Crippen molar-refractivity contribution >= 4 is 11.9 Å². The molecule has 0 rings (SSSR count). The minimum absolute atomic E-state index is 0.0366. The van der Waals surface area contributed by atoms with Gasteiger partial charge in [0.15, 0.2) is 0 Å². The first-order valence-electron chi connectivity index (χ1n) is 27.7. The maximum absolute atomic E-state index is 12.5. The summed E-state index contributed by atoms with van der Waals surface area (Å²) >= 11 is 0. The molecule has 0 radical (unpaired) electrons. The number of esters is 1. The fourth-order valence-electron chi connectivity index (χ4n) is 8.37. The lowest BCUT2D eigenvalue weighted by Gasteiger charge is -2.22. The van der Waals surface area contributed by atoms with Gasteiger partial charge in [-0.3, -0.25) is 9.59 Å². The molecule has 2 unspecified atom stereocenters. The third kappa shape index (κ3) is 49.4. The summed E-state index contributed by atoms with van der Waals surface area (Å²) in [5, 5.41) is 23.3. The van der Waals surface area contributed by atoms with Crippen LogP contribution >= 0.6 is 0 Å². The summed E-state index contributed by atoms with van der Waals surface area (Å²) in [4.78, 5) is 24.5. The highest BCUT2D eigenvalue weighted by atomic mass is 16.5. The number of amides is 1. The van der Waals surface area contributed by atoms with Gasteiger partial charge in [0, 0.05) is 12.8 Å². The predicted octanol–water partition coefficient (Wildman–Crippen LogP) is 16.9. The summed E-state index contributed by atoms with van der Waals surface area (Å²) in [7, 11) is 0. The number of carbonyl (C=O) groups is 2. The number of carbonyl (C=O) groups excluding carboxylic acids is 2. The Morgan fingerprint density at radius 2 is 0.794 bits per heavy atom. The fraction of sp³-hybridized carbons (Fsp3) is 0.860. The van der Waals surface area contributed by atoms with Gasteiger partial charge in [0.2, 0.25) is 5.91 Å². The molecule has 0 aliphatic carbocycles. The van der Waals surface area contributed by atoms with Crippen LogP contribution in [0.2, 0.25) is 0 Å². The number of hydrogen-bond acceptors (Lipinski definition) is 5. The van der Waals surface area contributed by atoms with E-state index in [1.807, 2.05) is 0 Å². The van der Waals surface area contributed by atoms with Crippen molar-refractivity contribution in [3.8, 4) is 0 Å². The third-order valence-corrected chi connectivity index (χ3v) is 12.7. The van der Waals surface area contributed by atoms with Crippen molar-refractivity contribution < 1.29 is 24.5 Å². The molecule has 6 heteroatoms. The van der Waals surface area contributed by atoms with E-state index in [1.54, 1.807) is 0 Å². The van der Waals surface area contributed by atoms with E-state index < -0.39 is 12.1 Å². The zero-order valence-corrected chi connectivity index (χ0v) is 42.1. The Hall–Kier alpha value is -1.92. The van der Waals surface area contributed by atoms with Gasteiger partial charge in [0.05, 0.1) is 25.4 Å². The molecule has 0 aromatic carbocycles. The molecule has 63 heavy (non-hydrogen) atoms. The number of unbranched alkanes of at least 4 members (excludes halogenated alkanes) is 34. The average molecular weight is 886 g/mol.